The van der Waals surface area contributed by atoms with Gasteiger partial charge in [-0.3, -0.25) is 4.79 Å². The summed E-state index contributed by atoms with van der Waals surface area (Å²) in [5.74, 6) is -0.747. The summed E-state index contributed by atoms with van der Waals surface area (Å²) in [5, 5.41) is 18.0. The van der Waals surface area contributed by atoms with E-state index in [-0.39, 0.29) is 12.2 Å². The van der Waals surface area contributed by atoms with Gasteiger partial charge in [0.05, 0.1) is 18.1 Å². The first-order valence-corrected chi connectivity index (χ1v) is 4.14. The third kappa shape index (κ3) is 1.11. The summed E-state index contributed by atoms with van der Waals surface area (Å²) in [6.45, 7) is 0. The Morgan fingerprint density at radius 3 is 3.07 bits per heavy atom. The molecule has 70 valence electrons. The van der Waals surface area contributed by atoms with E-state index in [4.69, 9.17) is 10.00 Å². The van der Waals surface area contributed by atoms with Gasteiger partial charge in [0, 0.05) is 0 Å². The second kappa shape index (κ2) is 3.04. The van der Waals surface area contributed by atoms with Crippen molar-refractivity contribution in [3.63, 3.8) is 0 Å². The maximum absolute atomic E-state index is 11.3. The van der Waals surface area contributed by atoms with Crippen molar-refractivity contribution in [2.75, 3.05) is 0 Å². The fourth-order valence-electron chi connectivity index (χ4n) is 1.55. The van der Waals surface area contributed by atoms with E-state index in [1.165, 1.54) is 6.07 Å². The number of aromatic hydroxyl groups is 1. The summed E-state index contributed by atoms with van der Waals surface area (Å²) in [6, 6.07) is 6.57. The first-order chi connectivity index (χ1) is 6.74. The Morgan fingerprint density at radius 1 is 1.57 bits per heavy atom. The van der Waals surface area contributed by atoms with Crippen molar-refractivity contribution in [2.24, 2.45) is 0 Å². The molecule has 1 aromatic carbocycles. The van der Waals surface area contributed by atoms with E-state index in [1.807, 2.05) is 6.07 Å². The molecule has 1 aromatic rings. The predicted molar refractivity (Wildman–Crippen MR) is 46.7 cm³/mol. The summed E-state index contributed by atoms with van der Waals surface area (Å²) in [5.41, 5.74) is 0.430. The maximum Gasteiger partial charge on any atom is 0.320 e. The number of phenols is 1. The highest BCUT2D eigenvalue weighted by Crippen LogP contribution is 2.41. The fourth-order valence-corrected chi connectivity index (χ4v) is 1.55. The van der Waals surface area contributed by atoms with Gasteiger partial charge in [0.25, 0.3) is 0 Å². The predicted octanol–water partition coefficient (Wildman–Crippen LogP) is 1.31. The zero-order valence-corrected chi connectivity index (χ0v) is 7.23. The molecule has 0 bridgehead atoms. The molecular weight excluding hydrogens is 182 g/mol. The largest absolute Gasteiger partial charge is 0.508 e. The Hall–Kier alpha value is -2.02. The molecule has 0 spiro atoms. The zero-order chi connectivity index (χ0) is 10.1. The molecule has 1 atom stereocenters. The number of nitriles is 1. The van der Waals surface area contributed by atoms with Gasteiger partial charge in [-0.05, 0) is 12.1 Å². The highest BCUT2D eigenvalue weighted by Gasteiger charge is 2.35. The Kier molecular flexibility index (Phi) is 1.86. The molecule has 1 N–H and O–H groups in total. The van der Waals surface area contributed by atoms with Crippen molar-refractivity contribution < 1.29 is 14.6 Å². The monoisotopic (exact) mass is 189 g/mol. The number of hydrogen-bond donors (Lipinski definition) is 1. The van der Waals surface area contributed by atoms with Crippen LogP contribution in [0, 0.1) is 11.3 Å². The molecule has 0 aromatic heterocycles. The number of esters is 1. The highest BCUT2D eigenvalue weighted by molar-refractivity contribution is 5.87. The number of rotatable bonds is 1. The molecule has 0 unspecified atom stereocenters. The van der Waals surface area contributed by atoms with Gasteiger partial charge >= 0.3 is 5.97 Å². The molecule has 4 heteroatoms. The number of ether oxygens (including phenoxy) is 1. The lowest BCUT2D eigenvalue weighted by molar-refractivity contribution is -0.133. The summed E-state index contributed by atoms with van der Waals surface area (Å²) >= 11 is 0. The first kappa shape index (κ1) is 8.57. The van der Waals surface area contributed by atoms with Crippen LogP contribution in [-0.2, 0) is 4.79 Å². The van der Waals surface area contributed by atoms with Crippen molar-refractivity contribution >= 4 is 5.97 Å². The maximum atomic E-state index is 11.3. The van der Waals surface area contributed by atoms with Crippen molar-refractivity contribution in [1.29, 1.82) is 5.26 Å². The lowest BCUT2D eigenvalue weighted by atomic mass is 9.97. The number of phenolic OH excluding ortho intramolecular Hbond substituents is 1. The molecule has 2 rings (SSSR count). The van der Waals surface area contributed by atoms with Crippen LogP contribution < -0.4 is 4.74 Å². The molecule has 0 radical (unpaired) electrons. The lowest BCUT2D eigenvalue weighted by Gasteiger charge is -2.02. The van der Waals surface area contributed by atoms with Gasteiger partial charge in [-0.15, -0.1) is 0 Å². The van der Waals surface area contributed by atoms with Crippen molar-refractivity contribution in [3.05, 3.63) is 23.8 Å². The second-order valence-electron chi connectivity index (χ2n) is 3.02. The van der Waals surface area contributed by atoms with Gasteiger partial charge in [-0.2, -0.15) is 5.26 Å². The van der Waals surface area contributed by atoms with Gasteiger partial charge in [-0.25, -0.2) is 0 Å². The first-order valence-electron chi connectivity index (χ1n) is 4.14. The summed E-state index contributed by atoms with van der Waals surface area (Å²) in [4.78, 5) is 11.3. The van der Waals surface area contributed by atoms with E-state index in [0.717, 1.165) is 0 Å². The zero-order valence-electron chi connectivity index (χ0n) is 7.23. The van der Waals surface area contributed by atoms with Crippen LogP contribution in [0.3, 0.4) is 0 Å². The van der Waals surface area contributed by atoms with Gasteiger partial charge in [0.2, 0.25) is 0 Å². The number of benzene rings is 1. The normalized spacial score (nSPS) is 18.5. The topological polar surface area (TPSA) is 70.3 Å². The van der Waals surface area contributed by atoms with Crippen LogP contribution in [0.5, 0.6) is 11.5 Å². The standard InChI is InChI=1S/C10H7NO3/c11-5-4-6-9-7(12)2-1-3-8(9)14-10(6)13/h1-3,6,12H,4H2/t6-/m0/s1. The smallest absolute Gasteiger partial charge is 0.320 e. The number of hydrogen-bond acceptors (Lipinski definition) is 4. The number of nitrogens with zero attached hydrogens (tertiary/aromatic N) is 1. The molecule has 0 fully saturated rings. The minimum Gasteiger partial charge on any atom is -0.508 e. The third-order valence-electron chi connectivity index (χ3n) is 2.18. The van der Waals surface area contributed by atoms with Crippen molar-refractivity contribution in [1.82, 2.24) is 0 Å². The van der Waals surface area contributed by atoms with E-state index in [9.17, 15) is 9.90 Å². The summed E-state index contributed by atoms with van der Waals surface area (Å²) < 4.78 is 4.90. The van der Waals surface area contributed by atoms with Crippen LogP contribution in [0.25, 0.3) is 0 Å². The van der Waals surface area contributed by atoms with Gasteiger partial charge in [0.1, 0.15) is 17.4 Å². The Labute approximate surface area is 80.3 Å². The lowest BCUT2D eigenvalue weighted by Crippen LogP contribution is -2.09. The van der Waals surface area contributed by atoms with Crippen molar-refractivity contribution in [2.45, 2.75) is 12.3 Å². The van der Waals surface area contributed by atoms with E-state index in [0.29, 0.717) is 11.3 Å². The summed E-state index contributed by atoms with van der Waals surface area (Å²) in [7, 11) is 0. The number of carbonyl (C=O) groups is 1. The molecule has 0 amide bonds. The van der Waals surface area contributed by atoms with Crippen LogP contribution in [0.1, 0.15) is 17.9 Å². The second-order valence-corrected chi connectivity index (χ2v) is 3.02. The van der Waals surface area contributed by atoms with Crippen LogP contribution >= 0.6 is 0 Å². The van der Waals surface area contributed by atoms with Gasteiger partial charge in [0.15, 0.2) is 0 Å². The third-order valence-corrected chi connectivity index (χ3v) is 2.18. The molecule has 1 aliphatic rings. The summed E-state index contributed by atoms with van der Waals surface area (Å²) in [6.07, 6.45) is 0.0312. The SMILES string of the molecule is N#CC[C@@H]1C(=O)Oc2cccc(O)c21. The quantitative estimate of drug-likeness (QED) is 0.534. The molecular formula is C10H7NO3. The Balaban J connectivity index is 2.51. The molecule has 0 aliphatic carbocycles. The molecule has 4 nitrogen and oxygen atoms in total. The molecule has 1 aliphatic heterocycles. The van der Waals surface area contributed by atoms with E-state index >= 15 is 0 Å². The van der Waals surface area contributed by atoms with Gasteiger partial charge in [-0.1, -0.05) is 6.07 Å². The highest BCUT2D eigenvalue weighted by atomic mass is 16.5. The minimum absolute atomic E-state index is 0.00796. The molecule has 0 saturated carbocycles. The van der Waals surface area contributed by atoms with Crippen LogP contribution in [-0.4, -0.2) is 11.1 Å². The van der Waals surface area contributed by atoms with E-state index < -0.39 is 11.9 Å². The van der Waals surface area contributed by atoms with Crippen LogP contribution in [0.4, 0.5) is 0 Å². The molecule has 1 heterocycles. The fraction of sp³-hybridized carbons (Fsp3) is 0.200. The van der Waals surface area contributed by atoms with Crippen LogP contribution in [0.15, 0.2) is 18.2 Å². The molecule has 14 heavy (non-hydrogen) atoms. The average molecular weight is 189 g/mol. The number of fused-ring (bicyclic) bond motifs is 1. The Bertz CT molecular complexity index is 433. The van der Waals surface area contributed by atoms with E-state index in [2.05, 4.69) is 0 Å². The minimum atomic E-state index is -0.642. The molecule has 0 saturated heterocycles. The van der Waals surface area contributed by atoms with E-state index in [1.54, 1.807) is 12.1 Å². The number of carbonyl (C=O) groups excluding carboxylic acids is 1. The average Bonchev–Trinajstić information content (AvgIpc) is 2.45. The van der Waals surface area contributed by atoms with Crippen LogP contribution in [0.2, 0.25) is 0 Å². The van der Waals surface area contributed by atoms with Crippen molar-refractivity contribution in [3.8, 4) is 17.6 Å². The Morgan fingerprint density at radius 2 is 2.36 bits per heavy atom. The van der Waals surface area contributed by atoms with Gasteiger partial charge < -0.3 is 9.84 Å².